The first-order valence-corrected chi connectivity index (χ1v) is 9.94. The van der Waals surface area contributed by atoms with Crippen LogP contribution in [-0.4, -0.2) is 32.7 Å². The maximum Gasteiger partial charge on any atom is 0.323 e. The van der Waals surface area contributed by atoms with Crippen molar-refractivity contribution in [1.29, 1.82) is 0 Å². The van der Waals surface area contributed by atoms with Gasteiger partial charge in [-0.1, -0.05) is 0 Å². The average Bonchev–Trinajstić information content (AvgIpc) is 3.22. The Balaban J connectivity index is 1.38. The fourth-order valence-corrected chi connectivity index (χ4v) is 3.14. The van der Waals surface area contributed by atoms with Crippen LogP contribution in [-0.2, 0) is 0 Å². The molecule has 2 amide bonds. The van der Waals surface area contributed by atoms with Crippen molar-refractivity contribution in [1.82, 2.24) is 19.5 Å². The Morgan fingerprint density at radius 1 is 0.938 bits per heavy atom. The second-order valence-electron chi connectivity index (χ2n) is 7.07. The van der Waals surface area contributed by atoms with Gasteiger partial charge in [-0.05, 0) is 61.9 Å². The zero-order chi connectivity index (χ0) is 22.5. The summed E-state index contributed by atoms with van der Waals surface area (Å²) in [5, 5.41) is 8.91. The quantitative estimate of drug-likeness (QED) is 0.411. The third-order valence-corrected chi connectivity index (χ3v) is 4.82. The molecule has 162 valence electrons. The highest BCUT2D eigenvalue weighted by molar-refractivity contribution is 6.00. The maximum atomic E-state index is 12.3. The Morgan fingerprint density at radius 2 is 1.72 bits per heavy atom. The van der Waals surface area contributed by atoms with E-state index in [0.717, 1.165) is 28.6 Å². The Bertz CT molecular complexity index is 1240. The molecule has 0 saturated carbocycles. The second kappa shape index (κ2) is 9.17. The summed E-state index contributed by atoms with van der Waals surface area (Å²) >= 11 is 0. The van der Waals surface area contributed by atoms with Crippen LogP contribution in [0.4, 0.5) is 27.7 Å². The van der Waals surface area contributed by atoms with E-state index in [4.69, 9.17) is 4.74 Å². The monoisotopic (exact) mass is 429 g/mol. The largest absolute Gasteiger partial charge is 0.497 e. The van der Waals surface area contributed by atoms with Gasteiger partial charge < -0.3 is 20.7 Å². The van der Waals surface area contributed by atoms with Gasteiger partial charge in [-0.15, -0.1) is 0 Å². The van der Waals surface area contributed by atoms with Crippen LogP contribution < -0.4 is 20.7 Å². The van der Waals surface area contributed by atoms with Gasteiger partial charge >= 0.3 is 6.03 Å². The minimum Gasteiger partial charge on any atom is -0.497 e. The fourth-order valence-electron chi connectivity index (χ4n) is 3.14. The minimum absolute atomic E-state index is 0.324. The number of aromatic nitrogens is 4. The normalized spacial score (nSPS) is 10.5. The predicted octanol–water partition coefficient (Wildman–Crippen LogP) is 4.68. The summed E-state index contributed by atoms with van der Waals surface area (Å²) in [6, 6.07) is 14.3. The summed E-state index contributed by atoms with van der Waals surface area (Å²) in [5.74, 6) is 2.96. The van der Waals surface area contributed by atoms with E-state index in [1.807, 2.05) is 67.1 Å². The highest BCUT2D eigenvalue weighted by atomic mass is 16.5. The predicted molar refractivity (Wildman–Crippen MR) is 124 cm³/mol. The van der Waals surface area contributed by atoms with Crippen LogP contribution in [0.5, 0.6) is 5.75 Å². The van der Waals surface area contributed by atoms with E-state index in [1.165, 1.54) is 6.33 Å². The fraction of sp³-hybridized carbons (Fsp3) is 0.130. The molecule has 3 N–H and O–H groups in total. The van der Waals surface area contributed by atoms with E-state index in [0.29, 0.717) is 17.2 Å². The number of carbonyl (C=O) groups is 1. The summed E-state index contributed by atoms with van der Waals surface area (Å²) in [6.07, 6.45) is 5.07. The lowest BCUT2D eigenvalue weighted by Gasteiger charge is -2.12. The number of urea groups is 1. The summed E-state index contributed by atoms with van der Waals surface area (Å²) in [7, 11) is 1.61. The highest BCUT2D eigenvalue weighted by Gasteiger charge is 2.07. The van der Waals surface area contributed by atoms with E-state index >= 15 is 0 Å². The second-order valence-corrected chi connectivity index (χ2v) is 7.07. The molecule has 0 aliphatic rings. The number of nitrogens with zero attached hydrogens (tertiary/aromatic N) is 4. The van der Waals surface area contributed by atoms with Crippen LogP contribution in [0.25, 0.3) is 5.82 Å². The van der Waals surface area contributed by atoms with Gasteiger partial charge in [-0.3, -0.25) is 4.57 Å². The van der Waals surface area contributed by atoms with Crippen molar-refractivity contribution >= 4 is 28.9 Å². The molecule has 32 heavy (non-hydrogen) atoms. The molecule has 9 heteroatoms. The van der Waals surface area contributed by atoms with Crippen molar-refractivity contribution in [2.45, 2.75) is 13.8 Å². The van der Waals surface area contributed by atoms with Crippen LogP contribution in [0.3, 0.4) is 0 Å². The summed E-state index contributed by atoms with van der Waals surface area (Å²) < 4.78 is 7.07. The molecule has 4 rings (SSSR count). The van der Waals surface area contributed by atoms with Crippen LogP contribution in [0, 0.1) is 13.8 Å². The molecule has 0 saturated heterocycles. The van der Waals surface area contributed by atoms with Gasteiger partial charge in [-0.25, -0.2) is 19.7 Å². The van der Waals surface area contributed by atoms with Gasteiger partial charge in [0.15, 0.2) is 0 Å². The average molecular weight is 429 g/mol. The molecule has 2 aromatic carbocycles. The lowest BCUT2D eigenvalue weighted by Crippen LogP contribution is -2.19. The summed E-state index contributed by atoms with van der Waals surface area (Å²) in [4.78, 5) is 25.1. The standard InChI is InChI=1S/C23H23N7O2/c1-15-12-19(32-3)8-9-20(15)29-23(31)28-18-6-4-17(5-7-18)27-21-13-22(26-14-25-21)30-11-10-24-16(30)2/h4-14H,1-3H3,(H,25,26,27)(H2,28,29,31). The van der Waals surface area contributed by atoms with Crippen LogP contribution in [0.2, 0.25) is 0 Å². The molecule has 0 atom stereocenters. The third-order valence-electron chi connectivity index (χ3n) is 4.82. The molecular weight excluding hydrogens is 406 g/mol. The first-order valence-electron chi connectivity index (χ1n) is 9.94. The van der Waals surface area contributed by atoms with E-state index in [2.05, 4.69) is 30.9 Å². The van der Waals surface area contributed by atoms with Gasteiger partial charge in [0.05, 0.1) is 7.11 Å². The highest BCUT2D eigenvalue weighted by Crippen LogP contribution is 2.22. The van der Waals surface area contributed by atoms with Crippen LogP contribution in [0.15, 0.2) is 67.3 Å². The number of rotatable bonds is 6. The van der Waals surface area contributed by atoms with Crippen molar-refractivity contribution in [3.63, 3.8) is 0 Å². The number of anilines is 4. The van der Waals surface area contributed by atoms with E-state index in [9.17, 15) is 4.79 Å². The SMILES string of the molecule is COc1ccc(NC(=O)Nc2ccc(Nc3cc(-n4ccnc4C)ncn3)cc2)c(C)c1. The van der Waals surface area contributed by atoms with Crippen molar-refractivity contribution in [2.75, 3.05) is 23.1 Å². The molecule has 2 aromatic heterocycles. The van der Waals surface area contributed by atoms with Gasteiger partial charge in [0.2, 0.25) is 0 Å². The number of ether oxygens (including phenoxy) is 1. The van der Waals surface area contributed by atoms with Crippen molar-refractivity contribution < 1.29 is 9.53 Å². The molecule has 9 nitrogen and oxygen atoms in total. The molecule has 0 aliphatic heterocycles. The number of aryl methyl sites for hydroxylation is 2. The van der Waals surface area contributed by atoms with Gasteiger partial charge in [0, 0.05) is 35.5 Å². The lowest BCUT2D eigenvalue weighted by atomic mass is 10.2. The lowest BCUT2D eigenvalue weighted by molar-refractivity contribution is 0.262. The Kier molecular flexibility index (Phi) is 5.98. The molecule has 0 fully saturated rings. The smallest absolute Gasteiger partial charge is 0.323 e. The zero-order valence-corrected chi connectivity index (χ0v) is 18.0. The summed E-state index contributed by atoms with van der Waals surface area (Å²) in [5.41, 5.74) is 3.12. The maximum absolute atomic E-state index is 12.3. The number of nitrogens with one attached hydrogen (secondary N) is 3. The van der Waals surface area contributed by atoms with Crippen molar-refractivity contribution in [2.24, 2.45) is 0 Å². The molecule has 0 spiro atoms. The van der Waals surface area contributed by atoms with Crippen LogP contribution in [0.1, 0.15) is 11.4 Å². The van der Waals surface area contributed by atoms with E-state index in [1.54, 1.807) is 19.4 Å². The number of amides is 2. The number of hydrogen-bond donors (Lipinski definition) is 3. The number of benzene rings is 2. The zero-order valence-electron chi connectivity index (χ0n) is 18.0. The first kappa shape index (κ1) is 20.9. The Hall–Kier alpha value is -4.40. The van der Waals surface area contributed by atoms with Crippen LogP contribution >= 0.6 is 0 Å². The Labute approximate surface area is 185 Å². The topological polar surface area (TPSA) is 106 Å². The third kappa shape index (κ3) is 4.84. The van der Waals surface area contributed by atoms with Gasteiger partial charge in [-0.2, -0.15) is 0 Å². The molecule has 2 heterocycles. The molecule has 0 radical (unpaired) electrons. The number of hydrogen-bond acceptors (Lipinski definition) is 6. The van der Waals surface area contributed by atoms with E-state index in [-0.39, 0.29) is 6.03 Å². The number of imidazole rings is 1. The molecule has 0 aliphatic carbocycles. The number of carbonyl (C=O) groups excluding carboxylic acids is 1. The first-order chi connectivity index (χ1) is 15.5. The summed E-state index contributed by atoms with van der Waals surface area (Å²) in [6.45, 7) is 3.82. The molecule has 4 aromatic rings. The van der Waals surface area contributed by atoms with Crippen molar-refractivity contribution in [3.8, 4) is 11.6 Å². The minimum atomic E-state index is -0.324. The Morgan fingerprint density at radius 3 is 2.41 bits per heavy atom. The molecule has 0 bridgehead atoms. The van der Waals surface area contributed by atoms with Gasteiger partial charge in [0.25, 0.3) is 0 Å². The number of methoxy groups -OCH3 is 1. The molecule has 0 unspecified atom stereocenters. The van der Waals surface area contributed by atoms with Crippen molar-refractivity contribution in [3.05, 3.63) is 78.6 Å². The molecular formula is C23H23N7O2. The van der Waals surface area contributed by atoms with E-state index < -0.39 is 0 Å². The van der Waals surface area contributed by atoms with Gasteiger partial charge in [0.1, 0.15) is 29.5 Å².